The summed E-state index contributed by atoms with van der Waals surface area (Å²) in [6.45, 7) is 2.01. The van der Waals surface area contributed by atoms with Crippen LogP contribution in [-0.2, 0) is 4.74 Å². The van der Waals surface area contributed by atoms with Gasteiger partial charge >= 0.3 is 5.97 Å². The molecule has 7 heteroatoms. The van der Waals surface area contributed by atoms with Crippen molar-refractivity contribution in [3.63, 3.8) is 0 Å². The second-order valence-corrected chi connectivity index (χ2v) is 5.89. The Morgan fingerprint density at radius 2 is 2.30 bits per heavy atom. The Kier molecular flexibility index (Phi) is 5.19. The number of esters is 1. The van der Waals surface area contributed by atoms with Crippen LogP contribution < -0.4 is 5.73 Å². The number of hydrogen-bond donors (Lipinski definition) is 2. The van der Waals surface area contributed by atoms with E-state index in [2.05, 4.69) is 9.97 Å². The Morgan fingerprint density at radius 3 is 2.95 bits per heavy atom. The van der Waals surface area contributed by atoms with Gasteiger partial charge in [-0.1, -0.05) is 24.6 Å². The number of nitrogen functional groups attached to an aromatic ring is 1. The third-order valence-electron chi connectivity index (χ3n) is 3.22. The van der Waals surface area contributed by atoms with Gasteiger partial charge in [0.1, 0.15) is 11.4 Å². The second-order valence-electron chi connectivity index (χ2n) is 4.68. The molecule has 2 unspecified atom stereocenters. The summed E-state index contributed by atoms with van der Waals surface area (Å²) in [5.74, 6) is -0.398. The van der Waals surface area contributed by atoms with Gasteiger partial charge in [-0.25, -0.2) is 14.8 Å². The van der Waals surface area contributed by atoms with E-state index in [0.717, 1.165) is 25.7 Å². The lowest BCUT2D eigenvalue weighted by atomic mass is 9.97. The summed E-state index contributed by atoms with van der Waals surface area (Å²) < 4.78 is 4.87. The summed E-state index contributed by atoms with van der Waals surface area (Å²) >= 11 is 1.42. The molecule has 0 radical (unpaired) electrons. The van der Waals surface area contributed by atoms with Crippen molar-refractivity contribution in [1.29, 1.82) is 0 Å². The lowest BCUT2D eigenvalue weighted by Crippen LogP contribution is -2.27. The first kappa shape index (κ1) is 15.1. The first-order valence-corrected chi connectivity index (χ1v) is 7.64. The number of nitrogens with zero attached hydrogens (tertiary/aromatic N) is 2. The third-order valence-corrected chi connectivity index (χ3v) is 4.48. The number of anilines is 1. The number of aromatic nitrogens is 2. The van der Waals surface area contributed by atoms with Gasteiger partial charge in [0.25, 0.3) is 0 Å². The van der Waals surface area contributed by atoms with Crippen molar-refractivity contribution >= 4 is 23.5 Å². The van der Waals surface area contributed by atoms with Crippen LogP contribution in [0.15, 0.2) is 11.4 Å². The van der Waals surface area contributed by atoms with E-state index in [0.29, 0.717) is 5.16 Å². The molecule has 0 aromatic carbocycles. The third kappa shape index (κ3) is 3.61. The Bertz CT molecular complexity index is 484. The largest absolute Gasteiger partial charge is 0.462 e. The molecular weight excluding hydrogens is 278 g/mol. The molecule has 1 fully saturated rings. The molecule has 6 nitrogen and oxygen atoms in total. The fraction of sp³-hybridized carbons (Fsp3) is 0.615. The summed E-state index contributed by atoms with van der Waals surface area (Å²) in [7, 11) is 0. The van der Waals surface area contributed by atoms with Crippen LogP contribution in [0.3, 0.4) is 0 Å². The van der Waals surface area contributed by atoms with Gasteiger partial charge in [0.2, 0.25) is 0 Å². The average Bonchev–Trinajstić information content (AvgIpc) is 2.42. The van der Waals surface area contributed by atoms with Crippen LogP contribution in [0.25, 0.3) is 0 Å². The Morgan fingerprint density at radius 1 is 1.55 bits per heavy atom. The second kappa shape index (κ2) is 6.90. The Balaban J connectivity index is 2.06. The van der Waals surface area contributed by atoms with E-state index in [4.69, 9.17) is 10.5 Å². The lowest BCUT2D eigenvalue weighted by molar-refractivity contribution is 0.0526. The fourth-order valence-electron chi connectivity index (χ4n) is 2.15. The quantitative estimate of drug-likeness (QED) is 0.643. The maximum absolute atomic E-state index is 11.6. The molecule has 3 N–H and O–H groups in total. The molecule has 0 saturated heterocycles. The van der Waals surface area contributed by atoms with Gasteiger partial charge in [-0.3, -0.25) is 0 Å². The van der Waals surface area contributed by atoms with Crippen LogP contribution >= 0.6 is 11.8 Å². The molecule has 1 aromatic rings. The maximum Gasteiger partial charge on any atom is 0.343 e. The first-order valence-electron chi connectivity index (χ1n) is 6.76. The van der Waals surface area contributed by atoms with E-state index in [-0.39, 0.29) is 29.3 Å². The number of carbonyl (C=O) groups is 1. The number of ether oxygens (including phenoxy) is 1. The van der Waals surface area contributed by atoms with E-state index in [1.807, 2.05) is 0 Å². The van der Waals surface area contributed by atoms with Crippen LogP contribution in [0, 0.1) is 0 Å². The van der Waals surface area contributed by atoms with Crippen molar-refractivity contribution < 1.29 is 14.6 Å². The topological polar surface area (TPSA) is 98.3 Å². The summed E-state index contributed by atoms with van der Waals surface area (Å²) in [6.07, 6.45) is 4.97. The molecule has 20 heavy (non-hydrogen) atoms. The number of aliphatic hydroxyl groups is 1. The molecule has 1 aliphatic carbocycles. The predicted octanol–water partition coefficient (Wildman–Crippen LogP) is 1.63. The van der Waals surface area contributed by atoms with Gasteiger partial charge in [-0.2, -0.15) is 0 Å². The van der Waals surface area contributed by atoms with E-state index < -0.39 is 5.97 Å². The summed E-state index contributed by atoms with van der Waals surface area (Å²) in [5, 5.41) is 10.5. The van der Waals surface area contributed by atoms with Crippen LogP contribution in [0.5, 0.6) is 0 Å². The summed E-state index contributed by atoms with van der Waals surface area (Å²) in [5.41, 5.74) is 5.95. The van der Waals surface area contributed by atoms with Crippen LogP contribution in [0.1, 0.15) is 43.0 Å². The number of thioether (sulfide) groups is 1. The van der Waals surface area contributed by atoms with Gasteiger partial charge in [0.15, 0.2) is 5.16 Å². The fourth-order valence-corrected chi connectivity index (χ4v) is 3.26. The minimum atomic E-state index is -0.515. The van der Waals surface area contributed by atoms with Gasteiger partial charge < -0.3 is 15.6 Å². The number of aliphatic hydroxyl groups excluding tert-OH is 1. The highest BCUT2D eigenvalue weighted by Gasteiger charge is 2.25. The smallest absolute Gasteiger partial charge is 0.343 e. The SMILES string of the molecule is CCOC(=O)c1cnc(SC2CCCCC2O)nc1N. The number of hydrogen-bond acceptors (Lipinski definition) is 7. The first-order chi connectivity index (χ1) is 9.61. The number of rotatable bonds is 4. The van der Waals surface area contributed by atoms with Crippen molar-refractivity contribution in [2.24, 2.45) is 0 Å². The van der Waals surface area contributed by atoms with Crippen molar-refractivity contribution in [1.82, 2.24) is 9.97 Å². The molecule has 110 valence electrons. The van der Waals surface area contributed by atoms with Gasteiger partial charge in [0.05, 0.1) is 12.7 Å². The maximum atomic E-state index is 11.6. The Hall–Kier alpha value is -1.34. The Labute approximate surface area is 122 Å². The highest BCUT2D eigenvalue weighted by molar-refractivity contribution is 7.99. The minimum absolute atomic E-state index is 0.0941. The summed E-state index contributed by atoms with van der Waals surface area (Å²) in [4.78, 5) is 19.8. The standard InChI is InChI=1S/C13H19N3O3S/c1-2-19-12(18)8-7-15-13(16-11(8)14)20-10-6-4-3-5-9(10)17/h7,9-10,17H,2-6H2,1H3,(H2,14,15,16). The van der Waals surface area contributed by atoms with Crippen molar-refractivity contribution in [3.05, 3.63) is 11.8 Å². The molecule has 2 rings (SSSR count). The van der Waals surface area contributed by atoms with E-state index in [1.54, 1.807) is 6.92 Å². The minimum Gasteiger partial charge on any atom is -0.462 e. The monoisotopic (exact) mass is 297 g/mol. The molecule has 0 bridgehead atoms. The van der Waals surface area contributed by atoms with Crippen molar-refractivity contribution in [2.75, 3.05) is 12.3 Å². The zero-order valence-corrected chi connectivity index (χ0v) is 12.2. The van der Waals surface area contributed by atoms with E-state index in [1.165, 1.54) is 18.0 Å². The lowest BCUT2D eigenvalue weighted by Gasteiger charge is -2.26. The van der Waals surface area contributed by atoms with Crippen LogP contribution in [-0.4, -0.2) is 39.0 Å². The molecule has 1 saturated carbocycles. The normalized spacial score (nSPS) is 22.5. The van der Waals surface area contributed by atoms with Crippen molar-refractivity contribution in [3.8, 4) is 0 Å². The molecule has 0 amide bonds. The average molecular weight is 297 g/mol. The van der Waals surface area contributed by atoms with E-state index in [9.17, 15) is 9.90 Å². The van der Waals surface area contributed by atoms with Crippen molar-refractivity contribution in [2.45, 2.75) is 49.1 Å². The highest BCUT2D eigenvalue weighted by Crippen LogP contribution is 2.32. The molecule has 0 spiro atoms. The molecule has 2 atom stereocenters. The molecule has 1 aliphatic rings. The number of nitrogens with two attached hydrogens (primary N) is 1. The molecule has 1 aromatic heterocycles. The van der Waals surface area contributed by atoms with Crippen LogP contribution in [0.4, 0.5) is 5.82 Å². The summed E-state index contributed by atoms with van der Waals surface area (Å²) in [6, 6.07) is 0. The number of carbonyl (C=O) groups excluding carboxylic acids is 1. The predicted molar refractivity (Wildman–Crippen MR) is 76.5 cm³/mol. The molecular formula is C13H19N3O3S. The van der Waals surface area contributed by atoms with Gasteiger partial charge in [0, 0.05) is 11.4 Å². The highest BCUT2D eigenvalue weighted by atomic mass is 32.2. The molecule has 0 aliphatic heterocycles. The van der Waals surface area contributed by atoms with Gasteiger partial charge in [-0.05, 0) is 19.8 Å². The van der Waals surface area contributed by atoms with E-state index >= 15 is 0 Å². The zero-order valence-electron chi connectivity index (χ0n) is 11.4. The van der Waals surface area contributed by atoms with Gasteiger partial charge in [-0.15, -0.1) is 0 Å². The van der Waals surface area contributed by atoms with Crippen LogP contribution in [0.2, 0.25) is 0 Å². The zero-order chi connectivity index (χ0) is 14.5. The molecule has 1 heterocycles.